The molecular weight excluding hydrogens is 242 g/mol. The zero-order valence-corrected chi connectivity index (χ0v) is 11.7. The number of nitrogens with zero attached hydrogens (tertiary/aromatic N) is 2. The molecule has 102 valence electrons. The number of aryl methyl sites for hydroxylation is 1. The number of aromatic nitrogens is 1. The van der Waals surface area contributed by atoms with Crippen LogP contribution in [0.15, 0.2) is 18.3 Å². The van der Waals surface area contributed by atoms with Gasteiger partial charge in [0.05, 0.1) is 11.9 Å². The van der Waals surface area contributed by atoms with Crippen LogP contribution < -0.4 is 10.2 Å². The first-order valence-electron chi connectivity index (χ1n) is 6.48. The van der Waals surface area contributed by atoms with Crippen molar-refractivity contribution < 1.29 is 9.59 Å². The van der Waals surface area contributed by atoms with Crippen molar-refractivity contribution in [3.63, 3.8) is 0 Å². The Morgan fingerprint density at radius 1 is 1.32 bits per heavy atom. The Labute approximate surface area is 113 Å². The van der Waals surface area contributed by atoms with Crippen molar-refractivity contribution in [2.24, 2.45) is 5.92 Å². The Bertz CT molecular complexity index is 496. The van der Waals surface area contributed by atoms with Crippen LogP contribution in [0.4, 0.5) is 5.69 Å². The van der Waals surface area contributed by atoms with E-state index < -0.39 is 12.1 Å². The van der Waals surface area contributed by atoms with Crippen LogP contribution in [0.5, 0.6) is 0 Å². The molecular formula is C14H19N3O2. The molecule has 2 heterocycles. The van der Waals surface area contributed by atoms with E-state index in [0.717, 1.165) is 5.69 Å². The lowest BCUT2D eigenvalue weighted by atomic mass is 9.98. The summed E-state index contributed by atoms with van der Waals surface area (Å²) in [5.41, 5.74) is 1.55. The minimum absolute atomic E-state index is 0.0601. The van der Waals surface area contributed by atoms with Crippen LogP contribution in [0, 0.1) is 12.8 Å². The first-order valence-corrected chi connectivity index (χ1v) is 6.48. The Morgan fingerprint density at radius 2 is 2.00 bits per heavy atom. The molecule has 1 N–H and O–H groups in total. The van der Waals surface area contributed by atoms with Crippen molar-refractivity contribution in [1.82, 2.24) is 10.3 Å². The second kappa shape index (κ2) is 4.99. The Balaban J connectivity index is 2.37. The fourth-order valence-electron chi connectivity index (χ4n) is 2.20. The predicted octanol–water partition coefficient (Wildman–Crippen LogP) is 1.27. The molecule has 19 heavy (non-hydrogen) atoms. The van der Waals surface area contributed by atoms with Gasteiger partial charge in [-0.15, -0.1) is 0 Å². The van der Waals surface area contributed by atoms with Gasteiger partial charge in [-0.05, 0) is 31.9 Å². The summed E-state index contributed by atoms with van der Waals surface area (Å²) in [6, 6.07) is 2.69. The summed E-state index contributed by atoms with van der Waals surface area (Å²) in [7, 11) is 0. The number of carbonyl (C=O) groups is 2. The first kappa shape index (κ1) is 13.5. The van der Waals surface area contributed by atoms with Gasteiger partial charge in [0.2, 0.25) is 5.91 Å². The van der Waals surface area contributed by atoms with E-state index >= 15 is 0 Å². The molecule has 2 unspecified atom stereocenters. The predicted molar refractivity (Wildman–Crippen MR) is 72.7 cm³/mol. The highest BCUT2D eigenvalue weighted by atomic mass is 16.2. The van der Waals surface area contributed by atoms with Crippen LogP contribution in [0.3, 0.4) is 0 Å². The summed E-state index contributed by atoms with van der Waals surface area (Å²) in [6.07, 6.45) is 1.64. The molecule has 2 atom stereocenters. The van der Waals surface area contributed by atoms with E-state index in [1.807, 2.05) is 32.9 Å². The average molecular weight is 261 g/mol. The van der Waals surface area contributed by atoms with Gasteiger partial charge in [0.25, 0.3) is 5.91 Å². The van der Waals surface area contributed by atoms with Crippen molar-refractivity contribution in [3.05, 3.63) is 24.0 Å². The standard InChI is InChI=1S/C14H19N3O2/c1-8(2)12-14(19)17(10(4)13(18)16-12)11-6-5-9(3)15-7-11/h5-8,10,12H,1-4H3,(H,16,18). The van der Waals surface area contributed by atoms with Gasteiger partial charge in [0.1, 0.15) is 12.1 Å². The molecule has 5 heteroatoms. The molecule has 1 saturated heterocycles. The molecule has 0 saturated carbocycles. The van der Waals surface area contributed by atoms with Gasteiger partial charge in [0, 0.05) is 5.69 Å². The van der Waals surface area contributed by atoms with Gasteiger partial charge in [-0.1, -0.05) is 13.8 Å². The third kappa shape index (κ3) is 2.45. The molecule has 1 fully saturated rings. The number of carbonyl (C=O) groups excluding carboxylic acids is 2. The number of hydrogen-bond donors (Lipinski definition) is 1. The number of hydrogen-bond acceptors (Lipinski definition) is 3. The fraction of sp³-hybridized carbons (Fsp3) is 0.500. The molecule has 1 aromatic rings. The minimum atomic E-state index is -0.507. The van der Waals surface area contributed by atoms with Crippen LogP contribution in [0.1, 0.15) is 26.5 Å². The van der Waals surface area contributed by atoms with Crippen molar-refractivity contribution in [3.8, 4) is 0 Å². The highest BCUT2D eigenvalue weighted by Crippen LogP contribution is 2.22. The zero-order valence-electron chi connectivity index (χ0n) is 11.7. The normalized spacial score (nSPS) is 23.7. The van der Waals surface area contributed by atoms with Gasteiger partial charge in [-0.3, -0.25) is 19.5 Å². The van der Waals surface area contributed by atoms with E-state index in [9.17, 15) is 9.59 Å². The van der Waals surface area contributed by atoms with Crippen molar-refractivity contribution in [1.29, 1.82) is 0 Å². The van der Waals surface area contributed by atoms with Gasteiger partial charge < -0.3 is 5.32 Å². The van der Waals surface area contributed by atoms with E-state index in [0.29, 0.717) is 5.69 Å². The van der Waals surface area contributed by atoms with E-state index in [4.69, 9.17) is 0 Å². The third-order valence-corrected chi connectivity index (χ3v) is 3.41. The van der Waals surface area contributed by atoms with Gasteiger partial charge in [-0.25, -0.2) is 0 Å². The number of pyridine rings is 1. The van der Waals surface area contributed by atoms with Crippen LogP contribution in [-0.2, 0) is 9.59 Å². The van der Waals surface area contributed by atoms with E-state index in [1.54, 1.807) is 13.1 Å². The van der Waals surface area contributed by atoms with Crippen LogP contribution in [0.25, 0.3) is 0 Å². The number of piperazine rings is 1. The van der Waals surface area contributed by atoms with Gasteiger partial charge in [0.15, 0.2) is 0 Å². The quantitative estimate of drug-likeness (QED) is 0.872. The first-order chi connectivity index (χ1) is 8.91. The summed E-state index contributed by atoms with van der Waals surface area (Å²) < 4.78 is 0. The molecule has 0 aliphatic carbocycles. The average Bonchev–Trinajstić information content (AvgIpc) is 2.36. The molecule has 2 amide bonds. The van der Waals surface area contributed by atoms with Crippen LogP contribution in [-0.4, -0.2) is 28.9 Å². The second-order valence-electron chi connectivity index (χ2n) is 5.27. The maximum atomic E-state index is 12.5. The number of nitrogens with one attached hydrogen (secondary N) is 1. The minimum Gasteiger partial charge on any atom is -0.342 e. The highest BCUT2D eigenvalue weighted by Gasteiger charge is 2.40. The lowest BCUT2D eigenvalue weighted by molar-refractivity contribution is -0.134. The van der Waals surface area contributed by atoms with E-state index in [-0.39, 0.29) is 17.7 Å². The lowest BCUT2D eigenvalue weighted by Gasteiger charge is -2.38. The molecule has 2 rings (SSSR count). The van der Waals surface area contributed by atoms with E-state index in [2.05, 4.69) is 10.3 Å². The molecule has 1 aromatic heterocycles. The van der Waals surface area contributed by atoms with E-state index in [1.165, 1.54) is 4.90 Å². The van der Waals surface area contributed by atoms with Crippen molar-refractivity contribution >= 4 is 17.5 Å². The second-order valence-corrected chi connectivity index (χ2v) is 5.27. The number of amides is 2. The summed E-state index contributed by atoms with van der Waals surface area (Å²) in [6.45, 7) is 7.45. The lowest BCUT2D eigenvalue weighted by Crippen LogP contribution is -2.64. The highest BCUT2D eigenvalue weighted by molar-refractivity contribution is 6.08. The smallest absolute Gasteiger partial charge is 0.250 e. The summed E-state index contributed by atoms with van der Waals surface area (Å²) in [5, 5.41) is 2.78. The van der Waals surface area contributed by atoms with Crippen LogP contribution >= 0.6 is 0 Å². The zero-order chi connectivity index (χ0) is 14.2. The van der Waals surface area contributed by atoms with Gasteiger partial charge >= 0.3 is 0 Å². The fourth-order valence-corrected chi connectivity index (χ4v) is 2.20. The molecule has 0 aromatic carbocycles. The van der Waals surface area contributed by atoms with Gasteiger partial charge in [-0.2, -0.15) is 0 Å². The largest absolute Gasteiger partial charge is 0.342 e. The maximum Gasteiger partial charge on any atom is 0.250 e. The van der Waals surface area contributed by atoms with Crippen molar-refractivity contribution in [2.45, 2.75) is 39.8 Å². The Kier molecular flexibility index (Phi) is 3.55. The van der Waals surface area contributed by atoms with Crippen molar-refractivity contribution in [2.75, 3.05) is 4.90 Å². The molecule has 1 aliphatic rings. The molecule has 0 radical (unpaired) electrons. The summed E-state index contributed by atoms with van der Waals surface area (Å²) >= 11 is 0. The topological polar surface area (TPSA) is 62.3 Å². The third-order valence-electron chi connectivity index (χ3n) is 3.41. The Hall–Kier alpha value is -1.91. The molecule has 5 nitrogen and oxygen atoms in total. The summed E-state index contributed by atoms with van der Waals surface area (Å²) in [5.74, 6) is -0.142. The Morgan fingerprint density at radius 3 is 2.53 bits per heavy atom. The maximum absolute atomic E-state index is 12.5. The van der Waals surface area contributed by atoms with Crippen LogP contribution in [0.2, 0.25) is 0 Å². The SMILES string of the molecule is Cc1ccc(N2C(=O)C(C(C)C)NC(=O)C2C)cn1. The molecule has 1 aliphatic heterocycles. The number of anilines is 1. The monoisotopic (exact) mass is 261 g/mol. The summed E-state index contributed by atoms with van der Waals surface area (Å²) in [4.78, 5) is 30.2. The molecule has 0 spiro atoms. The molecule has 0 bridgehead atoms. The number of rotatable bonds is 2.